The lowest BCUT2D eigenvalue weighted by atomic mass is 10.1. The van der Waals surface area contributed by atoms with E-state index in [9.17, 15) is 4.79 Å². The summed E-state index contributed by atoms with van der Waals surface area (Å²) in [7, 11) is 4.07. The Bertz CT molecular complexity index is 1190. The minimum absolute atomic E-state index is 0.168. The van der Waals surface area contributed by atoms with E-state index in [0.717, 1.165) is 51.5 Å². The Morgan fingerprint density at radius 3 is 1.04 bits per heavy atom. The van der Waals surface area contributed by atoms with E-state index >= 15 is 0 Å². The third-order valence-corrected chi connectivity index (χ3v) is 14.5. The van der Waals surface area contributed by atoms with Crippen LogP contribution < -0.4 is 0 Å². The fourth-order valence-corrected chi connectivity index (χ4v) is 9.81. The summed E-state index contributed by atoms with van der Waals surface area (Å²) in [5, 5.41) is 0. The van der Waals surface area contributed by atoms with Crippen LogP contribution in [0.25, 0.3) is 0 Å². The number of hydrogen-bond acceptors (Lipinski definition) is 7. The molecule has 1 aliphatic heterocycles. The normalized spacial score (nSPS) is 17.3. The molecule has 0 N–H and O–H groups in total. The second-order valence-corrected chi connectivity index (χ2v) is 22.0. The number of carbonyl (C=O) groups excluding carboxylic acids is 1. The van der Waals surface area contributed by atoms with Gasteiger partial charge in [0.25, 0.3) is 0 Å². The molecule has 1 unspecified atom stereocenters. The molecule has 0 aromatic rings. The second kappa shape index (κ2) is 55.7. The van der Waals surface area contributed by atoms with Crippen LogP contribution in [0.1, 0.15) is 303 Å². The van der Waals surface area contributed by atoms with Gasteiger partial charge in [0, 0.05) is 26.2 Å². The topological polar surface area (TPSA) is 66.5 Å². The van der Waals surface area contributed by atoms with E-state index < -0.39 is 12.4 Å². The van der Waals surface area contributed by atoms with Crippen molar-refractivity contribution in [3.8, 4) is 0 Å². The van der Waals surface area contributed by atoms with Crippen LogP contribution in [0, 0.1) is 0 Å². The van der Waals surface area contributed by atoms with Crippen molar-refractivity contribution in [1.29, 1.82) is 0 Å². The zero-order valence-electron chi connectivity index (χ0n) is 48.8. The lowest BCUT2D eigenvalue weighted by Gasteiger charge is -2.25. The second-order valence-electron chi connectivity index (χ2n) is 22.0. The van der Waals surface area contributed by atoms with Crippen molar-refractivity contribution in [3.05, 3.63) is 36.5 Å². The van der Waals surface area contributed by atoms with Crippen molar-refractivity contribution in [2.75, 3.05) is 47.1 Å². The number of nitrogens with zero attached hydrogens (tertiary/aromatic N) is 1. The molecule has 7 heteroatoms. The van der Waals surface area contributed by atoms with E-state index in [1.54, 1.807) is 0 Å². The number of hydrogen-bond donors (Lipinski definition) is 0. The molecule has 0 aromatic carbocycles. The molecule has 1 rings (SSSR count). The summed E-state index contributed by atoms with van der Waals surface area (Å²) in [5.41, 5.74) is 0. The van der Waals surface area contributed by atoms with Gasteiger partial charge >= 0.3 is 5.97 Å². The summed E-state index contributed by atoms with van der Waals surface area (Å²) in [5.74, 6) is -0.178. The van der Waals surface area contributed by atoms with Gasteiger partial charge in [0.15, 0.2) is 6.29 Å². The molecule has 1 aliphatic rings. The molecule has 0 saturated carbocycles. The molecule has 0 aliphatic carbocycles. The first-order valence-corrected chi connectivity index (χ1v) is 31.8. The van der Waals surface area contributed by atoms with E-state index in [1.807, 2.05) is 14.1 Å². The average molecular weight is 1010 g/mol. The first-order chi connectivity index (χ1) is 35.5. The molecule has 0 radical (unpaired) electrons. The molecule has 0 spiro atoms. The van der Waals surface area contributed by atoms with Crippen LogP contribution in [0.15, 0.2) is 36.5 Å². The molecule has 424 valence electrons. The van der Waals surface area contributed by atoms with Gasteiger partial charge in [0.05, 0.1) is 0 Å². The molecule has 4 atom stereocenters. The van der Waals surface area contributed by atoms with Crippen molar-refractivity contribution >= 4 is 5.97 Å². The summed E-state index contributed by atoms with van der Waals surface area (Å²) in [6.07, 6.45) is 67.9. The standard InChI is InChI=1S/C65H123NO6/c1-6-9-12-15-18-21-24-27-30-33-36-39-42-45-48-51-57-68-63-61(60-71-62(67)55-54-56-66(4)5)72-65(70-59-53-50-47-44-41-38-35-32-29-26-23-20-17-14-11-8-3)64(63)69-58-52-49-46-43-40-37-34-31-28-25-22-19-16-13-10-7-2/h27-32,61,63-65H,6-26,33-60H2,1-5H3/b30-27-,31-28-,32-29-/t61-,63?,64+,65-/m1/s1. The monoisotopic (exact) mass is 1010 g/mol. The van der Waals surface area contributed by atoms with Gasteiger partial charge in [-0.1, -0.05) is 231 Å². The molecule has 7 nitrogen and oxygen atoms in total. The summed E-state index contributed by atoms with van der Waals surface area (Å²) in [4.78, 5) is 15.0. The highest BCUT2D eigenvalue weighted by Crippen LogP contribution is 2.30. The number of esters is 1. The maximum atomic E-state index is 12.9. The molecule has 0 amide bonds. The molecule has 72 heavy (non-hydrogen) atoms. The van der Waals surface area contributed by atoms with Crippen LogP contribution in [0.3, 0.4) is 0 Å². The fourth-order valence-electron chi connectivity index (χ4n) is 9.81. The third-order valence-electron chi connectivity index (χ3n) is 14.5. The molecule has 1 heterocycles. The number of unbranched alkanes of at least 4 members (excludes halogenated alkanes) is 36. The molecular weight excluding hydrogens is 891 g/mol. The molecule has 0 bridgehead atoms. The van der Waals surface area contributed by atoms with E-state index in [1.165, 1.54) is 231 Å². The zero-order valence-corrected chi connectivity index (χ0v) is 48.8. The van der Waals surface area contributed by atoms with Gasteiger partial charge in [-0.25, -0.2) is 0 Å². The summed E-state index contributed by atoms with van der Waals surface area (Å²) in [6, 6.07) is 0. The Kier molecular flexibility index (Phi) is 53.0. The van der Waals surface area contributed by atoms with Crippen molar-refractivity contribution < 1.29 is 28.5 Å². The SMILES string of the molecule is CCCCCCCC/C=C\CCCCCCCCOC1[C@@H](COC(=O)CCCN(C)C)O[C@@H](OCCCCCCCC/C=C\CCCCCCCC)[C@H]1OCCCCCCCC/C=C\CCCCCCCC. The van der Waals surface area contributed by atoms with Gasteiger partial charge in [-0.05, 0) is 123 Å². The van der Waals surface area contributed by atoms with E-state index in [-0.39, 0.29) is 24.8 Å². The Balaban J connectivity index is 2.64. The summed E-state index contributed by atoms with van der Waals surface area (Å²) in [6.45, 7) is 9.84. The van der Waals surface area contributed by atoms with Gasteiger partial charge in [0.1, 0.15) is 24.9 Å². The Morgan fingerprint density at radius 2 is 0.694 bits per heavy atom. The van der Waals surface area contributed by atoms with Crippen LogP contribution in [-0.4, -0.2) is 82.5 Å². The first-order valence-electron chi connectivity index (χ1n) is 31.8. The first kappa shape index (κ1) is 68.5. The maximum Gasteiger partial charge on any atom is 0.305 e. The van der Waals surface area contributed by atoms with Gasteiger partial charge in [-0.3, -0.25) is 4.79 Å². The number of carbonyl (C=O) groups is 1. The van der Waals surface area contributed by atoms with E-state index in [4.69, 9.17) is 23.7 Å². The van der Waals surface area contributed by atoms with Crippen LogP contribution in [-0.2, 0) is 28.5 Å². The van der Waals surface area contributed by atoms with E-state index in [0.29, 0.717) is 26.2 Å². The number of rotatable bonds is 57. The van der Waals surface area contributed by atoms with Gasteiger partial charge < -0.3 is 28.6 Å². The van der Waals surface area contributed by atoms with Gasteiger partial charge in [-0.15, -0.1) is 0 Å². The Morgan fingerprint density at radius 1 is 0.389 bits per heavy atom. The predicted octanol–water partition coefficient (Wildman–Crippen LogP) is 19.5. The van der Waals surface area contributed by atoms with Crippen LogP contribution in [0.4, 0.5) is 0 Å². The van der Waals surface area contributed by atoms with E-state index in [2.05, 4.69) is 62.1 Å². The lowest BCUT2D eigenvalue weighted by molar-refractivity contribution is -0.184. The van der Waals surface area contributed by atoms with Crippen molar-refractivity contribution in [2.24, 2.45) is 0 Å². The minimum atomic E-state index is -0.524. The van der Waals surface area contributed by atoms with Crippen molar-refractivity contribution in [1.82, 2.24) is 4.90 Å². The van der Waals surface area contributed by atoms with Crippen molar-refractivity contribution in [3.63, 3.8) is 0 Å². The quantitative estimate of drug-likeness (QED) is 0.0342. The molecule has 1 saturated heterocycles. The number of ether oxygens (including phenoxy) is 5. The maximum absolute atomic E-state index is 12.9. The largest absolute Gasteiger partial charge is 0.463 e. The smallest absolute Gasteiger partial charge is 0.305 e. The van der Waals surface area contributed by atoms with Gasteiger partial charge in [0.2, 0.25) is 0 Å². The highest BCUT2D eigenvalue weighted by atomic mass is 16.7. The zero-order chi connectivity index (χ0) is 51.9. The highest BCUT2D eigenvalue weighted by molar-refractivity contribution is 5.69. The lowest BCUT2D eigenvalue weighted by Crippen LogP contribution is -2.40. The Labute approximate surface area is 449 Å². The van der Waals surface area contributed by atoms with Crippen LogP contribution >= 0.6 is 0 Å². The van der Waals surface area contributed by atoms with Gasteiger partial charge in [-0.2, -0.15) is 0 Å². The average Bonchev–Trinajstić information content (AvgIpc) is 3.70. The highest BCUT2D eigenvalue weighted by Gasteiger charge is 2.47. The molecular formula is C65H123NO6. The predicted molar refractivity (Wildman–Crippen MR) is 311 cm³/mol. The molecule has 1 fully saturated rings. The minimum Gasteiger partial charge on any atom is -0.463 e. The fraction of sp³-hybridized carbons (Fsp3) is 0.892. The third kappa shape index (κ3) is 45.8. The number of allylic oxidation sites excluding steroid dienone is 6. The Hall–Kier alpha value is -1.51. The summed E-state index contributed by atoms with van der Waals surface area (Å²) >= 11 is 0. The van der Waals surface area contributed by atoms with Crippen molar-refractivity contribution in [2.45, 2.75) is 328 Å². The summed E-state index contributed by atoms with van der Waals surface area (Å²) < 4.78 is 32.4. The van der Waals surface area contributed by atoms with Crippen LogP contribution in [0.2, 0.25) is 0 Å². The molecule has 0 aromatic heterocycles. The van der Waals surface area contributed by atoms with Crippen LogP contribution in [0.5, 0.6) is 0 Å².